The molecule has 0 radical (unpaired) electrons. The largest absolute Gasteiger partial charge is 0.493 e. The fourth-order valence-corrected chi connectivity index (χ4v) is 3.45. The van der Waals surface area contributed by atoms with Gasteiger partial charge in [0.2, 0.25) is 0 Å². The summed E-state index contributed by atoms with van der Waals surface area (Å²) >= 11 is 1.44. The molecule has 0 fully saturated rings. The molecule has 7 nitrogen and oxygen atoms in total. The van der Waals surface area contributed by atoms with Crippen molar-refractivity contribution in [1.29, 1.82) is 5.26 Å². The van der Waals surface area contributed by atoms with Crippen molar-refractivity contribution in [2.75, 3.05) is 27.4 Å². The zero-order valence-corrected chi connectivity index (χ0v) is 17.4. The van der Waals surface area contributed by atoms with Gasteiger partial charge in [-0.2, -0.15) is 5.26 Å². The Bertz CT molecular complexity index is 1040. The average molecular weight is 424 g/mol. The summed E-state index contributed by atoms with van der Waals surface area (Å²) in [5.41, 5.74) is 2.08. The molecule has 0 bridgehead atoms. The van der Waals surface area contributed by atoms with Crippen LogP contribution in [0.15, 0.2) is 47.8 Å². The Hall–Kier alpha value is -3.57. The summed E-state index contributed by atoms with van der Waals surface area (Å²) in [4.78, 5) is 16.6. The van der Waals surface area contributed by atoms with Crippen molar-refractivity contribution in [3.63, 3.8) is 0 Å². The Kier molecular flexibility index (Phi) is 7.24. The maximum atomic E-state index is 12.1. The van der Waals surface area contributed by atoms with Crippen LogP contribution in [-0.4, -0.2) is 38.4 Å². The lowest BCUT2D eigenvalue weighted by atomic mass is 10.2. The number of hydrogen-bond donors (Lipinski definition) is 0. The fraction of sp³-hybridized carbons (Fsp3) is 0.227. The number of ether oxygens (including phenoxy) is 4. The number of carbonyl (C=O) groups excluding carboxylic acids is 1. The molecule has 8 heteroatoms. The minimum absolute atomic E-state index is 0.0840. The number of rotatable bonds is 9. The molecule has 0 atom stereocenters. The molecule has 0 aliphatic heterocycles. The maximum Gasteiger partial charge on any atom is 0.312 e. The number of methoxy groups -OCH3 is 2. The monoisotopic (exact) mass is 424 g/mol. The lowest BCUT2D eigenvalue weighted by Crippen LogP contribution is -2.14. The number of carbonyl (C=O) groups is 1. The third-order valence-electron chi connectivity index (χ3n) is 4.11. The summed E-state index contributed by atoms with van der Waals surface area (Å²) in [6.45, 7) is 0.358. The zero-order chi connectivity index (χ0) is 21.3. The quantitative estimate of drug-likeness (QED) is 0.380. The van der Waals surface area contributed by atoms with E-state index in [1.807, 2.05) is 29.6 Å². The van der Waals surface area contributed by atoms with E-state index in [9.17, 15) is 4.79 Å². The molecule has 0 aliphatic rings. The molecular formula is C22H20N2O5S. The molecular weight excluding hydrogens is 404 g/mol. The number of hydrogen-bond acceptors (Lipinski definition) is 8. The average Bonchev–Trinajstić information content (AvgIpc) is 3.25. The van der Waals surface area contributed by atoms with Crippen molar-refractivity contribution < 1.29 is 23.7 Å². The topological polar surface area (TPSA) is 90.7 Å². The van der Waals surface area contributed by atoms with E-state index in [1.165, 1.54) is 11.3 Å². The predicted molar refractivity (Wildman–Crippen MR) is 112 cm³/mol. The lowest BCUT2D eigenvalue weighted by molar-refractivity contribution is -0.143. The van der Waals surface area contributed by atoms with E-state index in [1.54, 1.807) is 38.5 Å². The molecule has 0 unspecified atom stereocenters. The molecule has 0 saturated heterocycles. The van der Waals surface area contributed by atoms with Crippen molar-refractivity contribution in [1.82, 2.24) is 4.98 Å². The van der Waals surface area contributed by atoms with Crippen LogP contribution >= 0.6 is 11.3 Å². The fourth-order valence-electron chi connectivity index (χ4n) is 2.63. The van der Waals surface area contributed by atoms with Gasteiger partial charge in [0.1, 0.15) is 24.0 Å². The summed E-state index contributed by atoms with van der Waals surface area (Å²) in [5, 5.41) is 11.4. The van der Waals surface area contributed by atoms with Gasteiger partial charge < -0.3 is 18.9 Å². The Balaban J connectivity index is 1.48. The van der Waals surface area contributed by atoms with E-state index >= 15 is 0 Å². The molecule has 0 amide bonds. The first-order valence-electron chi connectivity index (χ1n) is 9.08. The summed E-state index contributed by atoms with van der Waals surface area (Å²) in [5.74, 6) is 1.50. The van der Waals surface area contributed by atoms with Crippen LogP contribution in [0.1, 0.15) is 11.3 Å². The minimum Gasteiger partial charge on any atom is -0.493 e. The van der Waals surface area contributed by atoms with E-state index in [0.29, 0.717) is 28.5 Å². The standard InChI is InChI=1S/C22H20N2O5S/c1-26-19-8-5-16(11-20(19)27-2)22-24-17(14-30-22)12-21(25)29-10-9-28-18-6-3-15(13-23)4-7-18/h3-8,11,14H,9-10,12H2,1-2H3. The second-order valence-electron chi connectivity index (χ2n) is 6.10. The molecule has 3 aromatic rings. The number of nitriles is 1. The van der Waals surface area contributed by atoms with Gasteiger partial charge >= 0.3 is 5.97 Å². The number of benzene rings is 2. The van der Waals surface area contributed by atoms with Gasteiger partial charge in [-0.05, 0) is 42.5 Å². The molecule has 154 valence electrons. The van der Waals surface area contributed by atoms with Crippen LogP contribution in [-0.2, 0) is 16.0 Å². The van der Waals surface area contributed by atoms with Crippen LogP contribution in [0.5, 0.6) is 17.2 Å². The number of aromatic nitrogens is 1. The zero-order valence-electron chi connectivity index (χ0n) is 16.6. The van der Waals surface area contributed by atoms with E-state index in [4.69, 9.17) is 24.2 Å². The number of thiazole rings is 1. The Morgan fingerprint density at radius 1 is 1.07 bits per heavy atom. The molecule has 3 rings (SSSR count). The third kappa shape index (κ3) is 5.49. The van der Waals surface area contributed by atoms with Gasteiger partial charge in [-0.25, -0.2) is 4.98 Å². The Labute approximate surface area is 178 Å². The molecule has 0 saturated carbocycles. The van der Waals surface area contributed by atoms with E-state index in [2.05, 4.69) is 4.98 Å². The van der Waals surface area contributed by atoms with Crippen molar-refractivity contribution in [3.05, 3.63) is 59.1 Å². The highest BCUT2D eigenvalue weighted by Gasteiger charge is 2.12. The van der Waals surface area contributed by atoms with E-state index in [-0.39, 0.29) is 25.6 Å². The van der Waals surface area contributed by atoms with Crippen molar-refractivity contribution in [2.45, 2.75) is 6.42 Å². The summed E-state index contributed by atoms with van der Waals surface area (Å²) in [6, 6.07) is 14.3. The molecule has 30 heavy (non-hydrogen) atoms. The van der Waals surface area contributed by atoms with Crippen LogP contribution in [0.2, 0.25) is 0 Å². The van der Waals surface area contributed by atoms with Gasteiger partial charge in [0.15, 0.2) is 11.5 Å². The second kappa shape index (κ2) is 10.3. The first-order chi connectivity index (χ1) is 14.6. The molecule has 2 aromatic carbocycles. The third-order valence-corrected chi connectivity index (χ3v) is 5.05. The number of esters is 1. The summed E-state index contributed by atoms with van der Waals surface area (Å²) < 4.78 is 21.3. The van der Waals surface area contributed by atoms with Gasteiger partial charge in [-0.1, -0.05) is 0 Å². The minimum atomic E-state index is -0.373. The highest BCUT2D eigenvalue weighted by molar-refractivity contribution is 7.13. The van der Waals surface area contributed by atoms with Crippen LogP contribution in [0.3, 0.4) is 0 Å². The van der Waals surface area contributed by atoms with E-state index in [0.717, 1.165) is 10.6 Å². The second-order valence-corrected chi connectivity index (χ2v) is 6.95. The molecule has 1 aromatic heterocycles. The molecule has 0 N–H and O–H groups in total. The van der Waals surface area contributed by atoms with Crippen molar-refractivity contribution in [3.8, 4) is 33.9 Å². The smallest absolute Gasteiger partial charge is 0.312 e. The van der Waals surface area contributed by atoms with Gasteiger partial charge in [0.25, 0.3) is 0 Å². The maximum absolute atomic E-state index is 12.1. The van der Waals surface area contributed by atoms with Crippen LogP contribution < -0.4 is 14.2 Å². The van der Waals surface area contributed by atoms with Gasteiger partial charge in [0.05, 0.1) is 38.0 Å². The molecule has 0 spiro atoms. The predicted octanol–water partition coefficient (Wildman–Crippen LogP) is 3.86. The summed E-state index contributed by atoms with van der Waals surface area (Å²) in [6.07, 6.45) is 0.0840. The first kappa shape index (κ1) is 21.1. The van der Waals surface area contributed by atoms with Crippen LogP contribution in [0, 0.1) is 11.3 Å². The van der Waals surface area contributed by atoms with E-state index < -0.39 is 0 Å². The van der Waals surface area contributed by atoms with Gasteiger partial charge in [0, 0.05) is 10.9 Å². The normalized spacial score (nSPS) is 10.2. The molecule has 1 heterocycles. The van der Waals surface area contributed by atoms with Gasteiger partial charge in [-0.3, -0.25) is 4.79 Å². The van der Waals surface area contributed by atoms with Crippen molar-refractivity contribution >= 4 is 17.3 Å². The SMILES string of the molecule is COc1ccc(-c2nc(CC(=O)OCCOc3ccc(C#N)cc3)cs2)cc1OC. The summed E-state index contributed by atoms with van der Waals surface area (Å²) in [7, 11) is 3.16. The lowest BCUT2D eigenvalue weighted by Gasteiger charge is -2.08. The Morgan fingerprint density at radius 3 is 2.53 bits per heavy atom. The Morgan fingerprint density at radius 2 is 1.83 bits per heavy atom. The van der Waals surface area contributed by atoms with Crippen LogP contribution in [0.25, 0.3) is 10.6 Å². The highest BCUT2D eigenvalue weighted by atomic mass is 32.1. The number of nitrogens with zero attached hydrogens (tertiary/aromatic N) is 2. The van der Waals surface area contributed by atoms with Crippen molar-refractivity contribution in [2.24, 2.45) is 0 Å². The first-order valence-corrected chi connectivity index (χ1v) is 9.96. The van der Waals surface area contributed by atoms with Crippen LogP contribution in [0.4, 0.5) is 0 Å². The highest BCUT2D eigenvalue weighted by Crippen LogP contribution is 2.33. The van der Waals surface area contributed by atoms with Gasteiger partial charge in [-0.15, -0.1) is 11.3 Å². The molecule has 0 aliphatic carbocycles.